The number of hydrogen-bond acceptors (Lipinski definition) is 6. The molecule has 0 spiro atoms. The molecule has 1 aromatic carbocycles. The van der Waals surface area contributed by atoms with E-state index in [1.807, 2.05) is 0 Å². The summed E-state index contributed by atoms with van der Waals surface area (Å²) in [5.74, 6) is -1.39. The Kier molecular flexibility index (Phi) is 5.93. The highest BCUT2D eigenvalue weighted by Crippen LogP contribution is 2.24. The number of halogens is 1. The van der Waals surface area contributed by atoms with Gasteiger partial charge in [0.2, 0.25) is 0 Å². The molecular formula is C16H21FN4O6S. The van der Waals surface area contributed by atoms with E-state index in [9.17, 15) is 27.7 Å². The molecule has 28 heavy (non-hydrogen) atoms. The SMILES string of the molecule is Cc1c(F)cc(C(=O)N2CCN(S(=O)(=O)N3CCOCC3)CC2)cc1[N+](=O)[O-]. The van der Waals surface area contributed by atoms with E-state index in [1.165, 1.54) is 20.4 Å². The van der Waals surface area contributed by atoms with Crippen LogP contribution in [0.2, 0.25) is 0 Å². The summed E-state index contributed by atoms with van der Waals surface area (Å²) in [6.07, 6.45) is 0. The van der Waals surface area contributed by atoms with Gasteiger partial charge in [-0.2, -0.15) is 17.0 Å². The van der Waals surface area contributed by atoms with Crippen molar-refractivity contribution in [3.8, 4) is 0 Å². The maximum atomic E-state index is 14.0. The predicted molar refractivity (Wildman–Crippen MR) is 96.6 cm³/mol. The topological polar surface area (TPSA) is 113 Å². The van der Waals surface area contributed by atoms with Crippen LogP contribution in [0.5, 0.6) is 0 Å². The number of hydrogen-bond donors (Lipinski definition) is 0. The standard InChI is InChI=1S/C16H21FN4O6S/c1-12-14(17)10-13(11-15(12)21(23)24)16(22)18-2-4-19(5-3-18)28(25,26)20-6-8-27-9-7-20/h10-11H,2-9H2,1H3. The summed E-state index contributed by atoms with van der Waals surface area (Å²) < 4.78 is 47.1. The van der Waals surface area contributed by atoms with Crippen LogP contribution in [0.1, 0.15) is 15.9 Å². The normalized spacial score (nSPS) is 19.6. The molecule has 0 N–H and O–H groups in total. The van der Waals surface area contributed by atoms with Crippen molar-refractivity contribution in [2.45, 2.75) is 6.92 Å². The number of morpholine rings is 1. The quantitative estimate of drug-likeness (QED) is 0.518. The molecular weight excluding hydrogens is 395 g/mol. The zero-order chi connectivity index (χ0) is 20.5. The molecule has 0 atom stereocenters. The lowest BCUT2D eigenvalue weighted by atomic mass is 10.1. The third-order valence-corrected chi connectivity index (χ3v) is 6.94. The van der Waals surface area contributed by atoms with Crippen LogP contribution in [0.25, 0.3) is 0 Å². The van der Waals surface area contributed by atoms with Gasteiger partial charge in [-0.1, -0.05) is 0 Å². The number of piperazine rings is 1. The summed E-state index contributed by atoms with van der Waals surface area (Å²) in [7, 11) is -3.63. The molecule has 2 fully saturated rings. The van der Waals surface area contributed by atoms with E-state index in [1.54, 1.807) is 0 Å². The largest absolute Gasteiger partial charge is 0.379 e. The molecule has 0 aromatic heterocycles. The van der Waals surface area contributed by atoms with Crippen LogP contribution in [0.15, 0.2) is 12.1 Å². The molecule has 2 aliphatic rings. The Balaban J connectivity index is 1.70. The van der Waals surface area contributed by atoms with E-state index in [0.717, 1.165) is 12.1 Å². The maximum Gasteiger partial charge on any atom is 0.282 e. The minimum absolute atomic E-state index is 0.0991. The molecule has 10 nitrogen and oxygen atoms in total. The number of ether oxygens (including phenoxy) is 1. The monoisotopic (exact) mass is 416 g/mol. The summed E-state index contributed by atoms with van der Waals surface area (Å²) in [6.45, 7) is 2.96. The first-order valence-corrected chi connectivity index (χ1v) is 10.2. The molecule has 0 saturated carbocycles. The Morgan fingerprint density at radius 1 is 1.11 bits per heavy atom. The molecule has 0 bridgehead atoms. The first kappa shape index (κ1) is 20.6. The van der Waals surface area contributed by atoms with Crippen LogP contribution in [0.4, 0.5) is 10.1 Å². The number of benzene rings is 1. The van der Waals surface area contributed by atoms with Gasteiger partial charge in [0, 0.05) is 50.9 Å². The van der Waals surface area contributed by atoms with Crippen molar-refractivity contribution >= 4 is 21.8 Å². The highest BCUT2D eigenvalue weighted by atomic mass is 32.2. The molecule has 2 aliphatic heterocycles. The van der Waals surface area contributed by atoms with Gasteiger partial charge < -0.3 is 9.64 Å². The van der Waals surface area contributed by atoms with Gasteiger partial charge in [-0.25, -0.2) is 4.39 Å². The lowest BCUT2D eigenvalue weighted by Gasteiger charge is -2.37. The minimum atomic E-state index is -3.63. The Bertz CT molecular complexity index is 879. The van der Waals surface area contributed by atoms with Gasteiger partial charge in [0.05, 0.1) is 23.7 Å². The van der Waals surface area contributed by atoms with E-state index < -0.39 is 32.5 Å². The number of carbonyl (C=O) groups is 1. The van der Waals surface area contributed by atoms with Gasteiger partial charge in [0.15, 0.2) is 0 Å². The summed E-state index contributed by atoms with van der Waals surface area (Å²) >= 11 is 0. The van der Waals surface area contributed by atoms with E-state index >= 15 is 0 Å². The Morgan fingerprint density at radius 2 is 1.68 bits per heavy atom. The fourth-order valence-electron chi connectivity index (χ4n) is 3.22. The van der Waals surface area contributed by atoms with Crippen molar-refractivity contribution in [2.24, 2.45) is 0 Å². The number of carbonyl (C=O) groups excluding carboxylic acids is 1. The zero-order valence-corrected chi connectivity index (χ0v) is 16.2. The van der Waals surface area contributed by atoms with Crippen molar-refractivity contribution in [2.75, 3.05) is 52.5 Å². The second kappa shape index (κ2) is 8.07. The number of amides is 1. The van der Waals surface area contributed by atoms with E-state index in [0.29, 0.717) is 13.2 Å². The van der Waals surface area contributed by atoms with Crippen molar-refractivity contribution in [1.82, 2.24) is 13.5 Å². The highest BCUT2D eigenvalue weighted by Gasteiger charge is 2.34. The van der Waals surface area contributed by atoms with Crippen molar-refractivity contribution < 1.29 is 27.3 Å². The van der Waals surface area contributed by atoms with Gasteiger partial charge in [0.25, 0.3) is 21.8 Å². The summed E-state index contributed by atoms with van der Waals surface area (Å²) in [4.78, 5) is 24.3. The number of nitrogens with zero attached hydrogens (tertiary/aromatic N) is 4. The van der Waals surface area contributed by atoms with Gasteiger partial charge in [-0.3, -0.25) is 14.9 Å². The molecule has 1 amide bonds. The molecule has 2 heterocycles. The van der Waals surface area contributed by atoms with Crippen LogP contribution in [-0.2, 0) is 14.9 Å². The van der Waals surface area contributed by atoms with Crippen LogP contribution >= 0.6 is 0 Å². The Labute approximate surface area is 161 Å². The Hall–Kier alpha value is -2.15. The molecule has 0 radical (unpaired) electrons. The van der Waals surface area contributed by atoms with Gasteiger partial charge >= 0.3 is 0 Å². The number of rotatable bonds is 4. The van der Waals surface area contributed by atoms with Crippen molar-refractivity contribution in [3.63, 3.8) is 0 Å². The lowest BCUT2D eigenvalue weighted by molar-refractivity contribution is -0.385. The maximum absolute atomic E-state index is 14.0. The molecule has 2 saturated heterocycles. The number of nitro benzene ring substituents is 1. The lowest BCUT2D eigenvalue weighted by Crippen LogP contribution is -2.55. The summed E-state index contributed by atoms with van der Waals surface area (Å²) in [5, 5.41) is 11.1. The molecule has 154 valence electrons. The molecule has 1 aromatic rings. The third kappa shape index (κ3) is 3.99. The van der Waals surface area contributed by atoms with Gasteiger partial charge in [-0.05, 0) is 13.0 Å². The second-order valence-corrected chi connectivity index (χ2v) is 8.50. The predicted octanol–water partition coefficient (Wildman–Crippen LogP) is 0.377. The summed E-state index contributed by atoms with van der Waals surface area (Å²) in [5.41, 5.74) is -0.723. The number of nitro groups is 1. The first-order valence-electron chi connectivity index (χ1n) is 8.78. The van der Waals surface area contributed by atoms with Crippen LogP contribution in [0, 0.1) is 22.9 Å². The van der Waals surface area contributed by atoms with Crippen molar-refractivity contribution in [3.05, 3.63) is 39.2 Å². The van der Waals surface area contributed by atoms with Crippen LogP contribution in [-0.4, -0.2) is 85.2 Å². The minimum Gasteiger partial charge on any atom is -0.379 e. The Morgan fingerprint density at radius 3 is 2.25 bits per heavy atom. The fourth-order valence-corrected chi connectivity index (χ4v) is 4.78. The van der Waals surface area contributed by atoms with Crippen LogP contribution < -0.4 is 0 Å². The van der Waals surface area contributed by atoms with Crippen molar-refractivity contribution in [1.29, 1.82) is 0 Å². The van der Waals surface area contributed by atoms with Gasteiger partial charge in [-0.15, -0.1) is 0 Å². The van der Waals surface area contributed by atoms with E-state index in [4.69, 9.17) is 4.74 Å². The summed E-state index contributed by atoms with van der Waals surface area (Å²) in [6, 6.07) is 2.03. The second-order valence-electron chi connectivity index (χ2n) is 6.57. The average molecular weight is 416 g/mol. The first-order chi connectivity index (χ1) is 13.2. The highest BCUT2D eigenvalue weighted by molar-refractivity contribution is 7.86. The molecule has 0 aliphatic carbocycles. The fraction of sp³-hybridized carbons (Fsp3) is 0.562. The van der Waals surface area contributed by atoms with Gasteiger partial charge in [0.1, 0.15) is 5.82 Å². The van der Waals surface area contributed by atoms with E-state index in [2.05, 4.69) is 0 Å². The zero-order valence-electron chi connectivity index (χ0n) is 15.3. The third-order valence-electron chi connectivity index (χ3n) is 4.91. The molecule has 0 unspecified atom stereocenters. The smallest absolute Gasteiger partial charge is 0.282 e. The molecule has 12 heteroatoms. The van der Waals surface area contributed by atoms with Crippen LogP contribution in [0.3, 0.4) is 0 Å². The average Bonchev–Trinajstić information content (AvgIpc) is 2.70. The molecule has 3 rings (SSSR count). The van der Waals surface area contributed by atoms with E-state index in [-0.39, 0.29) is 50.4 Å².